The fourth-order valence-electron chi connectivity index (χ4n) is 2.32. The van der Waals surface area contributed by atoms with E-state index in [0.717, 1.165) is 38.8 Å². The van der Waals surface area contributed by atoms with Crippen molar-refractivity contribution in [3.63, 3.8) is 0 Å². The Hall–Kier alpha value is -3.14. The number of allylic oxidation sites excluding steroid dienone is 14. The smallest absolute Gasteiger partial charge is 0.243 e. The number of hydrogen-bond donors (Lipinski definition) is 2. The molecule has 0 bridgehead atoms. The molecule has 36 heavy (non-hydrogen) atoms. The minimum absolute atomic E-state index is 0.0265. The molecule has 2 N–H and O–H groups in total. The summed E-state index contributed by atoms with van der Waals surface area (Å²) in [4.78, 5) is 22.6. The molecule has 0 aromatic heterocycles. The van der Waals surface area contributed by atoms with Gasteiger partial charge in [-0.25, -0.2) is 0 Å². The Labute approximate surface area is 221 Å². The molecule has 0 aliphatic rings. The molecule has 0 unspecified atom stereocenters. The molecule has 0 rings (SSSR count). The zero-order chi connectivity index (χ0) is 27.3. The topological polar surface area (TPSA) is 58.2 Å². The molecule has 0 aromatic rings. The molecule has 0 saturated carbocycles. The van der Waals surface area contributed by atoms with Crippen LogP contribution in [0, 0.1) is 11.8 Å². The highest BCUT2D eigenvalue weighted by Crippen LogP contribution is 1.95. The summed E-state index contributed by atoms with van der Waals surface area (Å²) in [6, 6.07) is 0. The molecule has 0 fully saturated rings. The van der Waals surface area contributed by atoms with Crippen LogP contribution >= 0.6 is 0 Å². The van der Waals surface area contributed by atoms with E-state index in [-0.39, 0.29) is 11.8 Å². The summed E-state index contributed by atoms with van der Waals surface area (Å²) in [5.41, 5.74) is 0. The van der Waals surface area contributed by atoms with Crippen LogP contribution in [0.4, 0.5) is 0 Å². The lowest BCUT2D eigenvalue weighted by Gasteiger charge is -2.03. The normalized spacial score (nSPS) is 12.7. The van der Waals surface area contributed by atoms with Crippen LogP contribution in [-0.4, -0.2) is 24.9 Å². The second kappa shape index (κ2) is 28.1. The van der Waals surface area contributed by atoms with Crippen molar-refractivity contribution in [1.82, 2.24) is 10.6 Å². The number of rotatable bonds is 16. The van der Waals surface area contributed by atoms with Gasteiger partial charge >= 0.3 is 0 Å². The lowest BCUT2D eigenvalue weighted by Crippen LogP contribution is -2.25. The molecular weight excluding hydrogens is 444 g/mol. The Bertz CT molecular complexity index is 710. The first-order valence-corrected chi connectivity index (χ1v) is 13.1. The quantitative estimate of drug-likeness (QED) is 0.132. The average molecular weight is 495 g/mol. The van der Waals surface area contributed by atoms with Crippen LogP contribution in [0.5, 0.6) is 0 Å². The predicted octanol–water partition coefficient (Wildman–Crippen LogP) is 7.57. The Kier molecular flexibility index (Phi) is 27.3. The number of hydrogen-bond acceptors (Lipinski definition) is 2. The minimum Gasteiger partial charge on any atom is -0.352 e. The second-order valence-electron chi connectivity index (χ2n) is 8.92. The lowest BCUT2D eigenvalue weighted by molar-refractivity contribution is -0.117. The highest BCUT2D eigenvalue weighted by Gasteiger charge is 1.96. The van der Waals surface area contributed by atoms with Crippen LogP contribution < -0.4 is 10.6 Å². The summed E-state index contributed by atoms with van der Waals surface area (Å²) >= 11 is 0. The van der Waals surface area contributed by atoms with Gasteiger partial charge in [0.25, 0.3) is 0 Å². The molecule has 0 atom stereocenters. The monoisotopic (exact) mass is 494 g/mol. The molecule has 0 aliphatic carbocycles. The van der Waals surface area contributed by atoms with Gasteiger partial charge in [0, 0.05) is 25.2 Å². The third kappa shape index (κ3) is 33.0. The van der Waals surface area contributed by atoms with Crippen molar-refractivity contribution in [3.05, 3.63) is 97.2 Å². The van der Waals surface area contributed by atoms with E-state index >= 15 is 0 Å². The number of nitrogens with one attached hydrogen (secondary N) is 2. The van der Waals surface area contributed by atoms with E-state index in [0.29, 0.717) is 11.8 Å². The second-order valence-corrected chi connectivity index (χ2v) is 8.92. The van der Waals surface area contributed by atoms with Gasteiger partial charge in [0.15, 0.2) is 0 Å². The lowest BCUT2D eigenvalue weighted by atomic mass is 10.2. The van der Waals surface area contributed by atoms with Gasteiger partial charge in [0.2, 0.25) is 11.8 Å². The fraction of sp³-hybridized carbons (Fsp3) is 0.438. The van der Waals surface area contributed by atoms with Crippen LogP contribution in [-0.2, 0) is 9.59 Å². The van der Waals surface area contributed by atoms with Gasteiger partial charge in [-0.05, 0) is 51.4 Å². The van der Waals surface area contributed by atoms with Crippen molar-refractivity contribution < 1.29 is 9.59 Å². The number of carbonyl (C=O) groups excluding carboxylic acids is 2. The first kappa shape index (κ1) is 35.0. The number of unbranched alkanes of at least 4 members (excludes halogenated alkanes) is 2. The van der Waals surface area contributed by atoms with E-state index in [2.05, 4.69) is 62.6 Å². The van der Waals surface area contributed by atoms with E-state index in [1.54, 1.807) is 24.3 Å². The summed E-state index contributed by atoms with van der Waals surface area (Å²) in [5, 5.41) is 5.66. The van der Waals surface area contributed by atoms with Crippen molar-refractivity contribution in [2.24, 2.45) is 11.8 Å². The average Bonchev–Trinajstić information content (AvgIpc) is 2.84. The molecule has 0 spiro atoms. The van der Waals surface area contributed by atoms with Gasteiger partial charge in [-0.2, -0.15) is 0 Å². The maximum atomic E-state index is 11.3. The van der Waals surface area contributed by atoms with Gasteiger partial charge in [0.1, 0.15) is 0 Å². The largest absolute Gasteiger partial charge is 0.352 e. The minimum atomic E-state index is -0.0265. The molecule has 0 heterocycles. The number of amides is 2. The molecular formula is C32H50N2O2. The van der Waals surface area contributed by atoms with E-state index in [1.807, 2.05) is 62.5 Å². The first-order valence-electron chi connectivity index (χ1n) is 13.1. The molecule has 0 saturated heterocycles. The zero-order valence-electron chi connectivity index (χ0n) is 23.5. The van der Waals surface area contributed by atoms with Gasteiger partial charge < -0.3 is 10.6 Å². The maximum Gasteiger partial charge on any atom is 0.243 e. The third-order valence-corrected chi connectivity index (χ3v) is 4.24. The Balaban J connectivity index is 0. The SMILES string of the molecule is C/C=C/C=C/CC/C=C/C=C/C(=O)NCC(C)C.C/C=C/C=C/CC/C=C/C=C/C(=O)NCC(C)C. The van der Waals surface area contributed by atoms with Crippen LogP contribution in [0.2, 0.25) is 0 Å². The Morgan fingerprint density at radius 2 is 0.833 bits per heavy atom. The molecule has 0 radical (unpaired) electrons. The van der Waals surface area contributed by atoms with Crippen LogP contribution in [0.25, 0.3) is 0 Å². The molecule has 2 amide bonds. The number of carbonyl (C=O) groups is 2. The summed E-state index contributed by atoms with van der Waals surface area (Å²) < 4.78 is 0. The Morgan fingerprint density at radius 3 is 1.11 bits per heavy atom. The Morgan fingerprint density at radius 1 is 0.528 bits per heavy atom. The van der Waals surface area contributed by atoms with Crippen molar-refractivity contribution in [2.45, 2.75) is 67.2 Å². The van der Waals surface area contributed by atoms with E-state index in [1.165, 1.54) is 0 Å². The van der Waals surface area contributed by atoms with E-state index < -0.39 is 0 Å². The van der Waals surface area contributed by atoms with Crippen molar-refractivity contribution in [2.75, 3.05) is 13.1 Å². The van der Waals surface area contributed by atoms with Crippen LogP contribution in [0.15, 0.2) is 97.2 Å². The highest BCUT2D eigenvalue weighted by atomic mass is 16.2. The summed E-state index contributed by atoms with van der Waals surface area (Å²) in [7, 11) is 0. The van der Waals surface area contributed by atoms with Crippen LogP contribution in [0.1, 0.15) is 67.2 Å². The molecule has 0 aromatic carbocycles. The molecule has 4 nitrogen and oxygen atoms in total. The van der Waals surface area contributed by atoms with Crippen molar-refractivity contribution in [1.29, 1.82) is 0 Å². The first-order chi connectivity index (χ1) is 17.3. The standard InChI is InChI=1S/2C16H25NO/c2*1-4-5-6-7-8-9-10-11-12-13-16(18)17-14-15(2)3/h2*4-7,10-13,15H,8-9,14H2,1-3H3,(H,17,18)/b2*5-4+,7-6+,11-10+,13-12+. The summed E-state index contributed by atoms with van der Waals surface area (Å²) in [5.74, 6) is 0.923. The van der Waals surface area contributed by atoms with Crippen molar-refractivity contribution in [3.8, 4) is 0 Å². The molecule has 200 valence electrons. The fourth-order valence-corrected chi connectivity index (χ4v) is 2.32. The summed E-state index contributed by atoms with van der Waals surface area (Å²) in [6.45, 7) is 13.7. The van der Waals surface area contributed by atoms with E-state index in [9.17, 15) is 9.59 Å². The molecule has 4 heteroatoms. The van der Waals surface area contributed by atoms with E-state index in [4.69, 9.17) is 0 Å². The van der Waals surface area contributed by atoms with Gasteiger partial charge in [-0.3, -0.25) is 9.59 Å². The predicted molar refractivity (Wildman–Crippen MR) is 159 cm³/mol. The van der Waals surface area contributed by atoms with Gasteiger partial charge in [-0.1, -0.05) is 113 Å². The maximum absolute atomic E-state index is 11.3. The van der Waals surface area contributed by atoms with Crippen LogP contribution in [0.3, 0.4) is 0 Å². The van der Waals surface area contributed by atoms with Gasteiger partial charge in [-0.15, -0.1) is 0 Å². The molecule has 0 aliphatic heterocycles. The third-order valence-electron chi connectivity index (χ3n) is 4.24. The van der Waals surface area contributed by atoms with Gasteiger partial charge in [0.05, 0.1) is 0 Å². The summed E-state index contributed by atoms with van der Waals surface area (Å²) in [6.07, 6.45) is 35.1. The highest BCUT2D eigenvalue weighted by molar-refractivity contribution is 5.88. The zero-order valence-corrected chi connectivity index (χ0v) is 23.5. The van der Waals surface area contributed by atoms with Crippen molar-refractivity contribution >= 4 is 11.8 Å².